The smallest absolute Gasteiger partial charge is 0.258 e. The summed E-state index contributed by atoms with van der Waals surface area (Å²) in [6.07, 6.45) is 0. The van der Waals surface area contributed by atoms with Crippen molar-refractivity contribution in [3.05, 3.63) is 95.6 Å². The number of methoxy groups -OCH3 is 2. The summed E-state index contributed by atoms with van der Waals surface area (Å²) in [4.78, 5) is 27.7. The highest BCUT2D eigenvalue weighted by Crippen LogP contribution is 2.29. The van der Waals surface area contributed by atoms with E-state index in [1.54, 1.807) is 42.3 Å². The van der Waals surface area contributed by atoms with Crippen LogP contribution in [0.1, 0.15) is 26.3 Å². The van der Waals surface area contributed by atoms with Crippen LogP contribution in [0.5, 0.6) is 5.75 Å². The third-order valence-corrected chi connectivity index (χ3v) is 4.52. The normalized spacial score (nSPS) is 10.4. The molecule has 3 aromatic rings. The predicted molar refractivity (Wildman–Crippen MR) is 113 cm³/mol. The first kappa shape index (κ1) is 20.3. The summed E-state index contributed by atoms with van der Waals surface area (Å²) >= 11 is 0. The minimum atomic E-state index is -0.205. The van der Waals surface area contributed by atoms with E-state index in [0.29, 0.717) is 29.1 Å². The van der Waals surface area contributed by atoms with Crippen LogP contribution in [0.3, 0.4) is 0 Å². The molecule has 3 rings (SSSR count). The zero-order chi connectivity index (χ0) is 20.6. The number of hydrogen-bond donors (Lipinski definition) is 0. The molecule has 0 bridgehead atoms. The molecule has 0 saturated carbocycles. The van der Waals surface area contributed by atoms with Gasteiger partial charge >= 0.3 is 0 Å². The molecule has 5 nitrogen and oxygen atoms in total. The summed E-state index contributed by atoms with van der Waals surface area (Å²) in [6, 6.07) is 23.8. The molecule has 3 aromatic carbocycles. The molecule has 0 aliphatic heterocycles. The Morgan fingerprint density at radius 2 is 1.52 bits per heavy atom. The number of carbonyl (C=O) groups is 2. The topological polar surface area (TPSA) is 55.8 Å². The monoisotopic (exact) mass is 389 g/mol. The molecule has 0 fully saturated rings. The molecule has 0 aliphatic rings. The lowest BCUT2D eigenvalue weighted by Crippen LogP contribution is -2.32. The maximum Gasteiger partial charge on any atom is 0.258 e. The highest BCUT2D eigenvalue weighted by molar-refractivity contribution is 6.11. The van der Waals surface area contributed by atoms with E-state index in [2.05, 4.69) is 0 Å². The zero-order valence-corrected chi connectivity index (χ0v) is 16.5. The molecule has 148 valence electrons. The lowest BCUT2D eigenvalue weighted by Gasteiger charge is -2.26. The highest BCUT2D eigenvalue weighted by Gasteiger charge is 2.24. The van der Waals surface area contributed by atoms with Crippen molar-refractivity contribution in [2.75, 3.05) is 25.7 Å². The number of benzene rings is 3. The second kappa shape index (κ2) is 9.66. The number of carbonyl (C=O) groups excluding carboxylic acids is 2. The first-order valence-corrected chi connectivity index (χ1v) is 9.25. The number of ketones is 1. The van der Waals surface area contributed by atoms with Crippen molar-refractivity contribution in [1.29, 1.82) is 0 Å². The van der Waals surface area contributed by atoms with Crippen LogP contribution in [-0.4, -0.2) is 32.5 Å². The molecule has 1 amide bonds. The number of amides is 1. The first-order chi connectivity index (χ1) is 14.1. The van der Waals surface area contributed by atoms with Gasteiger partial charge in [0.05, 0.1) is 19.3 Å². The maximum atomic E-state index is 13.4. The Morgan fingerprint density at radius 3 is 2.14 bits per heavy atom. The van der Waals surface area contributed by atoms with E-state index in [1.807, 2.05) is 48.5 Å². The Labute approximate surface area is 170 Å². The fraction of sp³-hybridized carbons (Fsp3) is 0.167. The van der Waals surface area contributed by atoms with E-state index in [1.165, 1.54) is 7.11 Å². The molecule has 0 unspecified atom stereocenters. The zero-order valence-electron chi connectivity index (χ0n) is 16.5. The summed E-state index contributed by atoms with van der Waals surface area (Å²) < 4.78 is 10.4. The van der Waals surface area contributed by atoms with Gasteiger partial charge in [-0.05, 0) is 29.8 Å². The summed E-state index contributed by atoms with van der Waals surface area (Å²) in [5.41, 5.74) is 2.39. The summed E-state index contributed by atoms with van der Waals surface area (Å²) in [7, 11) is 3.02. The van der Waals surface area contributed by atoms with Crippen LogP contribution in [0.4, 0.5) is 5.69 Å². The third kappa shape index (κ3) is 4.89. The van der Waals surface area contributed by atoms with Crippen LogP contribution >= 0.6 is 0 Å². The van der Waals surface area contributed by atoms with Crippen molar-refractivity contribution >= 4 is 17.4 Å². The number of anilines is 1. The number of Topliss-reactive ketones (excluding diaryl/α,β-unsaturated/α-hetero) is 1. The molecule has 0 aromatic heterocycles. The quantitative estimate of drug-likeness (QED) is 0.537. The number of nitrogens with zero attached hydrogens (tertiary/aromatic N) is 1. The van der Waals surface area contributed by atoms with E-state index in [9.17, 15) is 9.59 Å². The van der Waals surface area contributed by atoms with Crippen molar-refractivity contribution in [2.24, 2.45) is 0 Å². The van der Waals surface area contributed by atoms with Gasteiger partial charge in [-0.1, -0.05) is 48.5 Å². The van der Waals surface area contributed by atoms with Gasteiger partial charge < -0.3 is 14.4 Å². The summed E-state index contributed by atoms with van der Waals surface area (Å²) in [6.45, 7) is 0.243. The molecule has 29 heavy (non-hydrogen) atoms. The molecular formula is C24H23NO4. The Morgan fingerprint density at radius 1 is 0.862 bits per heavy atom. The summed E-state index contributed by atoms with van der Waals surface area (Å²) in [5.74, 6) is 0.158. The van der Waals surface area contributed by atoms with Crippen LogP contribution in [0.25, 0.3) is 0 Å². The van der Waals surface area contributed by atoms with E-state index in [-0.39, 0.29) is 18.3 Å². The van der Waals surface area contributed by atoms with Gasteiger partial charge in [-0.15, -0.1) is 0 Å². The van der Waals surface area contributed by atoms with Crippen molar-refractivity contribution in [2.45, 2.75) is 6.54 Å². The van der Waals surface area contributed by atoms with Gasteiger partial charge in [-0.25, -0.2) is 0 Å². The van der Waals surface area contributed by atoms with E-state index < -0.39 is 0 Å². The fourth-order valence-corrected chi connectivity index (χ4v) is 3.08. The van der Waals surface area contributed by atoms with Crippen molar-refractivity contribution < 1.29 is 19.1 Å². The van der Waals surface area contributed by atoms with E-state index in [4.69, 9.17) is 9.47 Å². The predicted octanol–water partition coefficient (Wildman–Crippen LogP) is 4.37. The third-order valence-electron chi connectivity index (χ3n) is 4.52. The van der Waals surface area contributed by atoms with Crippen LogP contribution < -0.4 is 9.64 Å². The number of ether oxygens (including phenoxy) is 2. The van der Waals surface area contributed by atoms with Gasteiger partial charge in [-0.2, -0.15) is 0 Å². The molecule has 5 heteroatoms. The van der Waals surface area contributed by atoms with Gasteiger partial charge in [0, 0.05) is 24.3 Å². The van der Waals surface area contributed by atoms with E-state index in [0.717, 1.165) is 5.56 Å². The van der Waals surface area contributed by atoms with Gasteiger partial charge in [0.15, 0.2) is 5.78 Å². The van der Waals surface area contributed by atoms with Crippen LogP contribution in [0.2, 0.25) is 0 Å². The average molecular weight is 389 g/mol. The SMILES string of the molecule is COCC(=O)c1ccc(OC)cc1N(Cc1ccccc1)C(=O)c1ccccc1. The summed E-state index contributed by atoms with van der Waals surface area (Å²) in [5, 5.41) is 0. The molecule has 0 saturated heterocycles. The minimum Gasteiger partial charge on any atom is -0.497 e. The Kier molecular flexibility index (Phi) is 6.76. The lowest BCUT2D eigenvalue weighted by molar-refractivity contribution is 0.0848. The minimum absolute atomic E-state index is 0.0714. The number of hydrogen-bond acceptors (Lipinski definition) is 4. The Bertz CT molecular complexity index is 971. The van der Waals surface area contributed by atoms with Gasteiger partial charge in [0.2, 0.25) is 0 Å². The van der Waals surface area contributed by atoms with Gasteiger partial charge in [0.1, 0.15) is 12.4 Å². The van der Waals surface area contributed by atoms with Crippen molar-refractivity contribution in [3.63, 3.8) is 0 Å². The second-order valence-electron chi connectivity index (χ2n) is 6.48. The van der Waals surface area contributed by atoms with E-state index >= 15 is 0 Å². The molecule has 0 heterocycles. The standard InChI is InChI=1S/C24H23NO4/c1-28-17-23(26)21-14-13-20(29-2)15-22(21)25(16-18-9-5-3-6-10-18)24(27)19-11-7-4-8-12-19/h3-15H,16-17H2,1-2H3. The first-order valence-electron chi connectivity index (χ1n) is 9.25. The molecule has 0 aliphatic carbocycles. The molecular weight excluding hydrogens is 366 g/mol. The number of rotatable bonds is 8. The Balaban J connectivity index is 2.12. The van der Waals surface area contributed by atoms with Crippen LogP contribution in [0.15, 0.2) is 78.9 Å². The molecule has 0 radical (unpaired) electrons. The maximum absolute atomic E-state index is 13.4. The van der Waals surface area contributed by atoms with Crippen LogP contribution in [-0.2, 0) is 11.3 Å². The average Bonchev–Trinajstić information content (AvgIpc) is 2.78. The van der Waals surface area contributed by atoms with Crippen molar-refractivity contribution in [3.8, 4) is 5.75 Å². The van der Waals surface area contributed by atoms with Crippen LogP contribution in [0, 0.1) is 0 Å². The molecule has 0 spiro atoms. The second-order valence-corrected chi connectivity index (χ2v) is 6.48. The highest BCUT2D eigenvalue weighted by atomic mass is 16.5. The van der Waals surface area contributed by atoms with Gasteiger partial charge in [-0.3, -0.25) is 9.59 Å². The largest absolute Gasteiger partial charge is 0.497 e. The lowest BCUT2D eigenvalue weighted by atomic mass is 10.0. The fourth-order valence-electron chi connectivity index (χ4n) is 3.08. The molecule has 0 N–H and O–H groups in total. The van der Waals surface area contributed by atoms with Crippen molar-refractivity contribution in [1.82, 2.24) is 0 Å². The Hall–Kier alpha value is -3.44. The van der Waals surface area contributed by atoms with Gasteiger partial charge in [0.25, 0.3) is 5.91 Å². The molecule has 0 atom stereocenters.